The van der Waals surface area contributed by atoms with E-state index in [1.807, 2.05) is 48.5 Å². The smallest absolute Gasteiger partial charge is 0.264 e. The standard InChI is InChI=1S/C18H29N3O3S/c1-8-21(10-13(22)19-11(2)3)16(23)15-12(4)9-14(25-15)20-17(24)18(5,6)7/h9,11H,8,10H2,1-7H3,(H,19,22)(H,20,24). The third-order valence-corrected chi connectivity index (χ3v) is 4.62. The number of carbonyl (C=O) groups is 3. The molecule has 7 heteroatoms. The van der Waals surface area contributed by atoms with E-state index in [1.54, 1.807) is 6.07 Å². The Balaban J connectivity index is 2.90. The lowest BCUT2D eigenvalue weighted by atomic mass is 9.96. The summed E-state index contributed by atoms with van der Waals surface area (Å²) in [6.07, 6.45) is 0. The molecule has 0 aromatic carbocycles. The van der Waals surface area contributed by atoms with Crippen molar-refractivity contribution in [2.24, 2.45) is 5.41 Å². The third kappa shape index (κ3) is 6.16. The topological polar surface area (TPSA) is 78.5 Å². The molecular formula is C18H29N3O3S. The average Bonchev–Trinajstić information content (AvgIpc) is 2.82. The van der Waals surface area contributed by atoms with Crippen molar-refractivity contribution in [3.8, 4) is 0 Å². The minimum atomic E-state index is -0.507. The van der Waals surface area contributed by atoms with Crippen molar-refractivity contribution >= 4 is 34.1 Å². The molecule has 0 fully saturated rings. The molecule has 25 heavy (non-hydrogen) atoms. The van der Waals surface area contributed by atoms with Gasteiger partial charge >= 0.3 is 0 Å². The Morgan fingerprint density at radius 1 is 1.24 bits per heavy atom. The van der Waals surface area contributed by atoms with Crippen LogP contribution in [0.15, 0.2) is 6.07 Å². The fourth-order valence-electron chi connectivity index (χ4n) is 2.07. The number of aryl methyl sites for hydroxylation is 1. The van der Waals surface area contributed by atoms with Crippen LogP contribution in [0.5, 0.6) is 0 Å². The highest BCUT2D eigenvalue weighted by molar-refractivity contribution is 7.18. The number of rotatable bonds is 6. The maximum atomic E-state index is 12.8. The number of anilines is 1. The molecule has 1 rings (SSSR count). The first-order valence-corrected chi connectivity index (χ1v) is 9.27. The summed E-state index contributed by atoms with van der Waals surface area (Å²) in [5.74, 6) is -0.475. The largest absolute Gasteiger partial charge is 0.352 e. The molecule has 6 nitrogen and oxygen atoms in total. The van der Waals surface area contributed by atoms with E-state index in [2.05, 4.69) is 10.6 Å². The normalized spacial score (nSPS) is 11.4. The van der Waals surface area contributed by atoms with Gasteiger partial charge in [-0.15, -0.1) is 11.3 Å². The molecule has 0 unspecified atom stereocenters. The predicted molar refractivity (Wildman–Crippen MR) is 102 cm³/mol. The molecule has 0 bridgehead atoms. The van der Waals surface area contributed by atoms with Crippen molar-refractivity contribution in [1.82, 2.24) is 10.2 Å². The van der Waals surface area contributed by atoms with Crippen LogP contribution in [0.3, 0.4) is 0 Å². The molecule has 0 spiro atoms. The highest BCUT2D eigenvalue weighted by Crippen LogP contribution is 2.29. The van der Waals surface area contributed by atoms with Gasteiger partial charge in [-0.1, -0.05) is 20.8 Å². The van der Waals surface area contributed by atoms with Gasteiger partial charge in [0.2, 0.25) is 11.8 Å². The summed E-state index contributed by atoms with van der Waals surface area (Å²) in [7, 11) is 0. The SMILES string of the molecule is CCN(CC(=O)NC(C)C)C(=O)c1sc(NC(=O)C(C)(C)C)cc1C. The van der Waals surface area contributed by atoms with E-state index < -0.39 is 5.41 Å². The van der Waals surface area contributed by atoms with Gasteiger partial charge in [0.05, 0.1) is 16.4 Å². The molecule has 0 aliphatic carbocycles. The first-order chi connectivity index (χ1) is 11.5. The number of nitrogens with zero attached hydrogens (tertiary/aromatic N) is 1. The summed E-state index contributed by atoms with van der Waals surface area (Å²) < 4.78 is 0. The van der Waals surface area contributed by atoms with Crippen LogP contribution < -0.4 is 10.6 Å². The molecular weight excluding hydrogens is 338 g/mol. The number of hydrogen-bond donors (Lipinski definition) is 2. The van der Waals surface area contributed by atoms with E-state index in [-0.39, 0.29) is 30.3 Å². The van der Waals surface area contributed by atoms with Crippen LogP contribution in [0.2, 0.25) is 0 Å². The lowest BCUT2D eigenvalue weighted by Gasteiger charge is -2.21. The summed E-state index contributed by atoms with van der Waals surface area (Å²) in [5.41, 5.74) is 0.286. The van der Waals surface area contributed by atoms with Crippen LogP contribution in [-0.2, 0) is 9.59 Å². The molecule has 140 valence electrons. The minimum Gasteiger partial charge on any atom is -0.352 e. The van der Waals surface area contributed by atoms with Crippen LogP contribution >= 0.6 is 11.3 Å². The zero-order chi connectivity index (χ0) is 19.4. The summed E-state index contributed by atoms with van der Waals surface area (Å²) in [5, 5.41) is 6.28. The summed E-state index contributed by atoms with van der Waals surface area (Å²) in [6, 6.07) is 1.83. The second-order valence-electron chi connectivity index (χ2n) is 7.37. The number of carbonyl (C=O) groups excluding carboxylic acids is 3. The number of nitrogens with one attached hydrogen (secondary N) is 2. The van der Waals surface area contributed by atoms with Crippen molar-refractivity contribution in [1.29, 1.82) is 0 Å². The summed E-state index contributed by atoms with van der Waals surface area (Å²) in [4.78, 5) is 38.9. The molecule has 0 aliphatic heterocycles. The molecule has 2 N–H and O–H groups in total. The highest BCUT2D eigenvalue weighted by atomic mass is 32.1. The third-order valence-electron chi connectivity index (χ3n) is 3.48. The molecule has 1 aromatic heterocycles. The van der Waals surface area contributed by atoms with E-state index in [9.17, 15) is 14.4 Å². The summed E-state index contributed by atoms with van der Waals surface area (Å²) >= 11 is 1.24. The van der Waals surface area contributed by atoms with Gasteiger partial charge in [0.1, 0.15) is 0 Å². The minimum absolute atomic E-state index is 0.0224. The van der Waals surface area contributed by atoms with E-state index in [0.717, 1.165) is 5.56 Å². The van der Waals surface area contributed by atoms with Crippen LogP contribution in [-0.4, -0.2) is 41.8 Å². The Morgan fingerprint density at radius 2 is 1.84 bits per heavy atom. The first-order valence-electron chi connectivity index (χ1n) is 8.46. The highest BCUT2D eigenvalue weighted by Gasteiger charge is 2.25. The number of thiophene rings is 1. The van der Waals surface area contributed by atoms with Crippen LogP contribution in [0.1, 0.15) is 56.8 Å². The van der Waals surface area contributed by atoms with Gasteiger partial charge in [-0.2, -0.15) is 0 Å². The van der Waals surface area contributed by atoms with E-state index in [4.69, 9.17) is 0 Å². The molecule has 3 amide bonds. The molecule has 0 radical (unpaired) electrons. The second kappa shape index (κ2) is 8.47. The van der Waals surface area contributed by atoms with Gasteiger partial charge in [-0.3, -0.25) is 14.4 Å². The van der Waals surface area contributed by atoms with E-state index in [1.165, 1.54) is 16.2 Å². The maximum Gasteiger partial charge on any atom is 0.264 e. The van der Waals surface area contributed by atoms with Crippen molar-refractivity contribution in [2.45, 2.75) is 54.5 Å². The van der Waals surface area contributed by atoms with Gasteiger partial charge in [0, 0.05) is 18.0 Å². The second-order valence-corrected chi connectivity index (χ2v) is 8.42. The number of amides is 3. The van der Waals surface area contributed by atoms with Gasteiger partial charge in [-0.25, -0.2) is 0 Å². The van der Waals surface area contributed by atoms with Crippen molar-refractivity contribution in [3.63, 3.8) is 0 Å². The summed E-state index contributed by atoms with van der Waals surface area (Å²) in [6.45, 7) is 13.4. The maximum absolute atomic E-state index is 12.8. The lowest BCUT2D eigenvalue weighted by Crippen LogP contribution is -2.42. The van der Waals surface area contributed by atoms with Gasteiger partial charge in [0.25, 0.3) is 5.91 Å². The van der Waals surface area contributed by atoms with Gasteiger partial charge < -0.3 is 15.5 Å². The van der Waals surface area contributed by atoms with Gasteiger partial charge in [0.15, 0.2) is 0 Å². The molecule has 0 atom stereocenters. The fourth-order valence-corrected chi connectivity index (χ4v) is 3.10. The first kappa shape index (κ1) is 21.2. The van der Waals surface area contributed by atoms with Crippen LogP contribution in [0.25, 0.3) is 0 Å². The van der Waals surface area contributed by atoms with Crippen LogP contribution in [0, 0.1) is 12.3 Å². The number of hydrogen-bond acceptors (Lipinski definition) is 4. The molecule has 0 saturated carbocycles. The zero-order valence-corrected chi connectivity index (χ0v) is 17.0. The fraction of sp³-hybridized carbons (Fsp3) is 0.611. The van der Waals surface area contributed by atoms with Crippen molar-refractivity contribution in [2.75, 3.05) is 18.4 Å². The Bertz CT molecular complexity index is 644. The Hall–Kier alpha value is -1.89. The molecule has 0 aliphatic rings. The van der Waals surface area contributed by atoms with E-state index >= 15 is 0 Å². The molecule has 1 aromatic rings. The predicted octanol–water partition coefficient (Wildman–Crippen LogP) is 3.03. The van der Waals surface area contributed by atoms with Crippen molar-refractivity contribution in [3.05, 3.63) is 16.5 Å². The Labute approximate surface area is 154 Å². The Kier molecular flexibility index (Phi) is 7.17. The van der Waals surface area contributed by atoms with Gasteiger partial charge in [-0.05, 0) is 39.3 Å². The van der Waals surface area contributed by atoms with Crippen molar-refractivity contribution < 1.29 is 14.4 Å². The lowest BCUT2D eigenvalue weighted by molar-refractivity contribution is -0.123. The number of likely N-dealkylation sites (N-methyl/N-ethyl adjacent to an activating group) is 1. The Morgan fingerprint density at radius 3 is 2.32 bits per heavy atom. The van der Waals surface area contributed by atoms with E-state index in [0.29, 0.717) is 16.4 Å². The monoisotopic (exact) mass is 367 g/mol. The molecule has 0 saturated heterocycles. The zero-order valence-electron chi connectivity index (χ0n) is 16.1. The quantitative estimate of drug-likeness (QED) is 0.811. The average molecular weight is 368 g/mol. The molecule has 1 heterocycles. The van der Waals surface area contributed by atoms with Crippen LogP contribution in [0.4, 0.5) is 5.00 Å².